The van der Waals surface area contributed by atoms with Crippen molar-refractivity contribution in [1.29, 1.82) is 0 Å². The first-order chi connectivity index (χ1) is 12.8. The van der Waals surface area contributed by atoms with Crippen molar-refractivity contribution < 1.29 is 19.1 Å². The lowest BCUT2D eigenvalue weighted by Crippen LogP contribution is -2.50. The molecule has 2 amide bonds. The summed E-state index contributed by atoms with van der Waals surface area (Å²) in [6, 6.07) is 1.68. The van der Waals surface area contributed by atoms with E-state index in [1.807, 2.05) is 20.8 Å². The van der Waals surface area contributed by atoms with Crippen molar-refractivity contribution >= 4 is 23.4 Å². The quantitative estimate of drug-likeness (QED) is 0.806. The van der Waals surface area contributed by atoms with Gasteiger partial charge in [-0.05, 0) is 52.5 Å². The molecule has 0 spiro atoms. The zero-order valence-electron chi connectivity index (χ0n) is 15.8. The number of pyridine rings is 1. The maximum Gasteiger partial charge on any atom is 0.407 e. The fourth-order valence-corrected chi connectivity index (χ4v) is 3.46. The number of hydrogen-bond acceptors (Lipinski definition) is 5. The Morgan fingerprint density at radius 1 is 1.37 bits per heavy atom. The molecular formula is C19H24N4O4. The van der Waals surface area contributed by atoms with E-state index in [0.717, 1.165) is 25.7 Å². The number of nitrogens with zero attached hydrogens (tertiary/aromatic N) is 3. The number of hydrogen-bond donors (Lipinski definition) is 1. The van der Waals surface area contributed by atoms with Crippen molar-refractivity contribution in [2.75, 3.05) is 11.5 Å². The predicted octanol–water partition coefficient (Wildman–Crippen LogP) is 3.19. The van der Waals surface area contributed by atoms with Gasteiger partial charge in [0.05, 0.1) is 12.3 Å². The molecule has 8 nitrogen and oxygen atoms in total. The fourth-order valence-electron chi connectivity index (χ4n) is 3.46. The lowest BCUT2D eigenvalue weighted by Gasteiger charge is -2.39. The Bertz CT molecular complexity index is 773. The third-order valence-electron chi connectivity index (χ3n) is 4.59. The Hall–Kier alpha value is -2.82. The molecular weight excluding hydrogens is 348 g/mol. The predicted molar refractivity (Wildman–Crippen MR) is 98.9 cm³/mol. The topological polar surface area (TPSA) is 85.1 Å². The van der Waals surface area contributed by atoms with Crippen molar-refractivity contribution in [3.8, 4) is 5.88 Å². The third-order valence-corrected chi connectivity index (χ3v) is 4.59. The number of aromatic nitrogens is 1. The Balaban J connectivity index is 1.65. The van der Waals surface area contributed by atoms with Crippen LogP contribution in [0.3, 0.4) is 0 Å². The molecule has 2 heterocycles. The average Bonchev–Trinajstić information content (AvgIpc) is 2.60. The van der Waals surface area contributed by atoms with Gasteiger partial charge in [0.1, 0.15) is 5.60 Å². The first kappa shape index (κ1) is 19.0. The van der Waals surface area contributed by atoms with E-state index in [0.29, 0.717) is 17.3 Å². The van der Waals surface area contributed by atoms with E-state index in [1.54, 1.807) is 11.0 Å². The molecule has 1 saturated carbocycles. The van der Waals surface area contributed by atoms with Crippen LogP contribution in [0.1, 0.15) is 46.5 Å². The summed E-state index contributed by atoms with van der Waals surface area (Å²) in [7, 11) is 0. The monoisotopic (exact) mass is 372 g/mol. The first-order valence-electron chi connectivity index (χ1n) is 9.08. The van der Waals surface area contributed by atoms with Crippen LogP contribution in [0.15, 0.2) is 12.3 Å². The van der Waals surface area contributed by atoms with Crippen LogP contribution in [-0.4, -0.2) is 41.3 Å². The maximum absolute atomic E-state index is 12.5. The van der Waals surface area contributed by atoms with Gasteiger partial charge in [-0.25, -0.2) is 14.6 Å². The van der Waals surface area contributed by atoms with Gasteiger partial charge in [0.25, 0.3) is 5.91 Å². The largest absolute Gasteiger partial charge is 0.466 e. The number of carbonyl (C=O) groups is 2. The molecule has 0 bridgehead atoms. The minimum Gasteiger partial charge on any atom is -0.466 e. The van der Waals surface area contributed by atoms with Gasteiger partial charge < -0.3 is 19.7 Å². The summed E-state index contributed by atoms with van der Waals surface area (Å²) in [4.78, 5) is 33.7. The number of carbonyl (C=O) groups excluding carboxylic acids is 2. The lowest BCUT2D eigenvalue weighted by molar-refractivity contribution is -0.122. The van der Waals surface area contributed by atoms with E-state index in [2.05, 4.69) is 15.1 Å². The summed E-state index contributed by atoms with van der Waals surface area (Å²) < 4.78 is 10.7. The van der Waals surface area contributed by atoms with Gasteiger partial charge in [-0.2, -0.15) is 0 Å². The van der Waals surface area contributed by atoms with Crippen molar-refractivity contribution in [1.82, 2.24) is 10.3 Å². The molecule has 1 fully saturated rings. The number of fused-ring (bicyclic) bond motifs is 1. The Kier molecular flexibility index (Phi) is 5.22. The normalized spacial score (nSPS) is 22.3. The van der Waals surface area contributed by atoms with Crippen LogP contribution in [0, 0.1) is 6.57 Å². The Morgan fingerprint density at radius 3 is 2.70 bits per heavy atom. The van der Waals surface area contributed by atoms with E-state index >= 15 is 0 Å². The Labute approximate surface area is 158 Å². The van der Waals surface area contributed by atoms with Crippen LogP contribution in [0.5, 0.6) is 5.88 Å². The Morgan fingerprint density at radius 2 is 2.07 bits per heavy atom. The van der Waals surface area contributed by atoms with Crippen LogP contribution in [0.4, 0.5) is 16.2 Å². The molecule has 1 aromatic heterocycles. The molecule has 0 radical (unpaired) electrons. The highest BCUT2D eigenvalue weighted by molar-refractivity contribution is 5.98. The van der Waals surface area contributed by atoms with Crippen molar-refractivity contribution in [2.45, 2.75) is 64.1 Å². The smallest absolute Gasteiger partial charge is 0.407 e. The summed E-state index contributed by atoms with van der Waals surface area (Å²) >= 11 is 0. The molecule has 27 heavy (non-hydrogen) atoms. The molecule has 1 aliphatic carbocycles. The first-order valence-corrected chi connectivity index (χ1v) is 9.08. The molecule has 0 aromatic carbocycles. The minimum atomic E-state index is -0.529. The van der Waals surface area contributed by atoms with Crippen molar-refractivity contribution in [2.24, 2.45) is 0 Å². The van der Waals surface area contributed by atoms with E-state index in [1.165, 1.54) is 6.20 Å². The number of anilines is 1. The summed E-state index contributed by atoms with van der Waals surface area (Å²) in [6.07, 6.45) is 4.02. The van der Waals surface area contributed by atoms with Gasteiger partial charge in [0, 0.05) is 18.3 Å². The summed E-state index contributed by atoms with van der Waals surface area (Å²) in [5, 5.41) is 2.91. The maximum atomic E-state index is 12.5. The number of rotatable bonds is 2. The van der Waals surface area contributed by atoms with Crippen molar-refractivity contribution in [3.63, 3.8) is 0 Å². The van der Waals surface area contributed by atoms with Crippen LogP contribution in [0.25, 0.3) is 4.85 Å². The average molecular weight is 372 g/mol. The number of alkyl carbamates (subject to hydrolysis) is 1. The van der Waals surface area contributed by atoms with Crippen LogP contribution in [-0.2, 0) is 9.53 Å². The van der Waals surface area contributed by atoms with Crippen LogP contribution >= 0.6 is 0 Å². The molecule has 1 aromatic rings. The van der Waals surface area contributed by atoms with Gasteiger partial charge >= 0.3 is 6.09 Å². The fraction of sp³-hybridized carbons (Fsp3) is 0.579. The van der Waals surface area contributed by atoms with Gasteiger partial charge in [-0.3, -0.25) is 4.79 Å². The van der Waals surface area contributed by atoms with Gasteiger partial charge in [0.2, 0.25) is 11.6 Å². The zero-order valence-corrected chi connectivity index (χ0v) is 15.8. The molecule has 3 rings (SSSR count). The molecule has 0 unspecified atom stereocenters. The van der Waals surface area contributed by atoms with E-state index in [-0.39, 0.29) is 24.6 Å². The summed E-state index contributed by atoms with van der Waals surface area (Å²) in [5.41, 5.74) is 0.402. The number of amides is 2. The molecule has 1 aliphatic heterocycles. The SMILES string of the molecule is [C-]#[N+]c1cnc2c(c1)N(C1CCC(NC(=O)OC(C)(C)C)CC1)C(=O)CO2. The second-order valence-electron chi connectivity index (χ2n) is 7.83. The standard InChI is InChI=1S/C19H24N4O4/c1-19(2,3)27-18(25)22-12-5-7-14(8-6-12)23-15-9-13(20-4)10-21-17(15)26-11-16(23)24/h9-10,12,14H,5-8,11H2,1-3H3,(H,22,25). The van der Waals surface area contributed by atoms with Gasteiger partial charge in [-0.15, -0.1) is 0 Å². The highest BCUT2D eigenvalue weighted by Crippen LogP contribution is 2.37. The molecule has 0 saturated heterocycles. The van der Waals surface area contributed by atoms with Gasteiger partial charge in [0.15, 0.2) is 6.61 Å². The molecule has 144 valence electrons. The van der Waals surface area contributed by atoms with Crippen LogP contribution < -0.4 is 15.0 Å². The van der Waals surface area contributed by atoms with Gasteiger partial charge in [-0.1, -0.05) is 0 Å². The summed E-state index contributed by atoms with van der Waals surface area (Å²) in [6.45, 7) is 12.6. The second kappa shape index (κ2) is 7.43. The van der Waals surface area contributed by atoms with E-state index in [9.17, 15) is 9.59 Å². The highest BCUT2D eigenvalue weighted by atomic mass is 16.6. The van der Waals surface area contributed by atoms with E-state index in [4.69, 9.17) is 16.0 Å². The molecule has 2 aliphatic rings. The molecule has 0 atom stereocenters. The third kappa shape index (κ3) is 4.48. The number of ether oxygens (including phenoxy) is 2. The molecule has 1 N–H and O–H groups in total. The lowest BCUT2D eigenvalue weighted by atomic mass is 9.89. The molecule has 8 heteroatoms. The highest BCUT2D eigenvalue weighted by Gasteiger charge is 2.35. The zero-order chi connectivity index (χ0) is 19.6. The van der Waals surface area contributed by atoms with E-state index < -0.39 is 11.7 Å². The van der Waals surface area contributed by atoms with Crippen molar-refractivity contribution in [3.05, 3.63) is 23.7 Å². The second-order valence-corrected chi connectivity index (χ2v) is 7.83. The number of nitrogens with one attached hydrogen (secondary N) is 1. The van der Waals surface area contributed by atoms with Crippen LogP contribution in [0.2, 0.25) is 0 Å². The summed E-state index contributed by atoms with van der Waals surface area (Å²) in [5.74, 6) is 0.256. The minimum absolute atomic E-state index is 0.000352.